The Kier molecular flexibility index (Phi) is 15.7. The van der Waals surface area contributed by atoms with Gasteiger partial charge in [-0.05, 0) is 0 Å². The minimum absolute atomic E-state index is 0. The van der Waals surface area contributed by atoms with E-state index in [4.69, 9.17) is 0 Å². The van der Waals surface area contributed by atoms with Gasteiger partial charge in [-0.3, -0.25) is 0 Å². The third-order valence-corrected chi connectivity index (χ3v) is 1.00. The van der Waals surface area contributed by atoms with Crippen LogP contribution in [0.25, 0.3) is 0 Å². The van der Waals surface area contributed by atoms with Gasteiger partial charge in [0.1, 0.15) is 0 Å². The van der Waals surface area contributed by atoms with Crippen LogP contribution in [0, 0.1) is 0 Å². The maximum absolute atomic E-state index is 9.21. The second-order valence-corrected chi connectivity index (χ2v) is 1.80. The van der Waals surface area contributed by atoms with Crippen molar-refractivity contribution in [3.05, 3.63) is 0 Å². The zero-order valence-corrected chi connectivity index (χ0v) is 5.93. The molecule has 0 aromatic heterocycles. The standard InChI is InChI=1S/2Al.Cu.3O. The summed E-state index contributed by atoms with van der Waals surface area (Å²) in [5.74, 6) is 0. The average molecular weight is 166 g/mol. The predicted molar refractivity (Wildman–Crippen MR) is 14.0 cm³/mol. The van der Waals surface area contributed by atoms with Gasteiger partial charge in [-0.15, -0.1) is 0 Å². The maximum atomic E-state index is 9.21. The van der Waals surface area contributed by atoms with E-state index in [0.717, 1.165) is 0 Å². The van der Waals surface area contributed by atoms with E-state index in [1.807, 2.05) is 0 Å². The Bertz CT molecular complexity index is 38.1. The number of hydrogen-bond acceptors (Lipinski definition) is 3. The van der Waals surface area contributed by atoms with E-state index in [1.54, 1.807) is 0 Å². The molecule has 0 amide bonds. The molecule has 0 aliphatic carbocycles. The van der Waals surface area contributed by atoms with E-state index in [9.17, 15) is 7.61 Å². The summed E-state index contributed by atoms with van der Waals surface area (Å²) in [6.07, 6.45) is 0. The Morgan fingerprint density at radius 2 is 1.50 bits per heavy atom. The molecule has 35 valence electrons. The summed E-state index contributed by atoms with van der Waals surface area (Å²) in [6, 6.07) is 0. The van der Waals surface area contributed by atoms with Crippen LogP contribution in [0.3, 0.4) is 0 Å². The van der Waals surface area contributed by atoms with Crippen LogP contribution < -0.4 is 0 Å². The molecular formula is Al2CuO3. The topological polar surface area (TPSA) is 43.4 Å². The van der Waals surface area contributed by atoms with E-state index in [2.05, 4.69) is 2.84 Å². The van der Waals surface area contributed by atoms with Crippen molar-refractivity contribution in [3.63, 3.8) is 0 Å². The van der Waals surface area contributed by atoms with Gasteiger partial charge < -0.3 is 0 Å². The molecule has 0 atom stereocenters. The van der Waals surface area contributed by atoms with Crippen LogP contribution in [-0.2, 0) is 27.5 Å². The van der Waals surface area contributed by atoms with Gasteiger partial charge >= 0.3 is 41.4 Å². The fourth-order valence-electron chi connectivity index (χ4n) is 0.0227. The van der Waals surface area contributed by atoms with Gasteiger partial charge in [0.25, 0.3) is 0 Å². The van der Waals surface area contributed by atoms with Gasteiger partial charge in [0.2, 0.25) is 0 Å². The average Bonchev–Trinajstić information content (AvgIpc) is 1.41. The van der Waals surface area contributed by atoms with Crippen LogP contribution in [0.4, 0.5) is 0 Å². The van der Waals surface area contributed by atoms with Crippen LogP contribution in [0.1, 0.15) is 0 Å². The summed E-state index contributed by atoms with van der Waals surface area (Å²) in [4.78, 5) is 0. The second-order valence-electron chi connectivity index (χ2n) is 0.329. The van der Waals surface area contributed by atoms with Crippen molar-refractivity contribution in [2.45, 2.75) is 0 Å². The van der Waals surface area contributed by atoms with Gasteiger partial charge in [0, 0.05) is 17.1 Å². The quantitative estimate of drug-likeness (QED) is 0.490. The molecule has 0 saturated carbocycles. The molecule has 0 bridgehead atoms. The van der Waals surface area contributed by atoms with E-state index in [-0.39, 0.29) is 17.1 Å². The van der Waals surface area contributed by atoms with Crippen molar-refractivity contribution in [3.8, 4) is 0 Å². The van der Waals surface area contributed by atoms with Crippen molar-refractivity contribution in [2.24, 2.45) is 0 Å². The fourth-order valence-corrected chi connectivity index (χ4v) is 0.204. The normalized spacial score (nSPS) is 3.33. The SMILES string of the molecule is [Cu].[O]=[Al][O][Al]=[O]. The molecule has 1 radical (unpaired) electrons. The van der Waals surface area contributed by atoms with Crippen molar-refractivity contribution in [1.29, 1.82) is 0 Å². The van der Waals surface area contributed by atoms with Gasteiger partial charge in [-0.2, -0.15) is 0 Å². The fraction of sp³-hybridized carbons (Fsp3) is 0. The Hall–Kier alpha value is 0.984. The molecule has 0 heterocycles. The number of hydrogen-bond donors (Lipinski definition) is 0. The van der Waals surface area contributed by atoms with Gasteiger partial charge in [0.15, 0.2) is 0 Å². The second kappa shape index (κ2) is 9.37. The van der Waals surface area contributed by atoms with Crippen molar-refractivity contribution < 1.29 is 27.5 Å². The van der Waals surface area contributed by atoms with Crippen molar-refractivity contribution in [1.82, 2.24) is 0 Å². The molecule has 0 fully saturated rings. The molecular weight excluding hydrogens is 166 g/mol. The summed E-state index contributed by atoms with van der Waals surface area (Å²) in [6.45, 7) is 0. The van der Waals surface area contributed by atoms with Crippen molar-refractivity contribution >= 4 is 31.0 Å². The third kappa shape index (κ3) is 8.88. The monoisotopic (exact) mass is 165 g/mol. The van der Waals surface area contributed by atoms with Crippen LogP contribution in [0.2, 0.25) is 0 Å². The Morgan fingerprint density at radius 3 is 1.50 bits per heavy atom. The van der Waals surface area contributed by atoms with Crippen LogP contribution >= 0.6 is 0 Å². The first-order valence-corrected chi connectivity index (χ1v) is 2.83. The van der Waals surface area contributed by atoms with E-state index < -0.39 is 31.0 Å². The van der Waals surface area contributed by atoms with E-state index >= 15 is 0 Å². The molecule has 6 heteroatoms. The molecule has 0 aliphatic heterocycles. The molecule has 0 unspecified atom stereocenters. The summed E-state index contributed by atoms with van der Waals surface area (Å²) in [7, 11) is 0. The first-order chi connectivity index (χ1) is 2.41. The first-order valence-electron chi connectivity index (χ1n) is 0.943. The summed E-state index contributed by atoms with van der Waals surface area (Å²) < 4.78 is 22.3. The summed E-state index contributed by atoms with van der Waals surface area (Å²) in [5, 5.41) is 0. The van der Waals surface area contributed by atoms with Gasteiger partial charge in [-0.1, -0.05) is 0 Å². The Morgan fingerprint density at radius 1 is 1.17 bits per heavy atom. The van der Waals surface area contributed by atoms with Crippen LogP contribution in [-0.4, -0.2) is 31.0 Å². The summed E-state index contributed by atoms with van der Waals surface area (Å²) in [5.41, 5.74) is 0. The van der Waals surface area contributed by atoms with Crippen LogP contribution in [0.5, 0.6) is 0 Å². The molecule has 0 aromatic rings. The molecule has 0 N–H and O–H groups in total. The zero-order chi connectivity index (χ0) is 4.12. The molecule has 0 aliphatic rings. The van der Waals surface area contributed by atoms with E-state index in [0.29, 0.717) is 0 Å². The molecule has 3 nitrogen and oxygen atoms in total. The minimum atomic E-state index is -1.24. The number of rotatable bonds is 2. The molecule has 0 aromatic carbocycles. The molecule has 0 spiro atoms. The van der Waals surface area contributed by atoms with Crippen molar-refractivity contribution in [2.75, 3.05) is 0 Å². The summed E-state index contributed by atoms with van der Waals surface area (Å²) >= 11 is -2.48. The zero-order valence-electron chi connectivity index (χ0n) is 2.68. The molecule has 0 saturated heterocycles. The first kappa shape index (κ1) is 10.1. The van der Waals surface area contributed by atoms with Crippen LogP contribution in [0.15, 0.2) is 0 Å². The third-order valence-electron chi connectivity index (χ3n) is 0.111. The molecule has 6 heavy (non-hydrogen) atoms. The van der Waals surface area contributed by atoms with E-state index in [1.165, 1.54) is 0 Å². The predicted octanol–water partition coefficient (Wildman–Crippen LogP) is -1.07. The molecule has 0 rings (SSSR count). The Balaban J connectivity index is 0. The van der Waals surface area contributed by atoms with Gasteiger partial charge in [-0.25, -0.2) is 0 Å². The Labute approximate surface area is 58.4 Å². The van der Waals surface area contributed by atoms with Gasteiger partial charge in [0.05, 0.1) is 0 Å².